The first-order valence-electron chi connectivity index (χ1n) is 6.31. The first-order valence-corrected chi connectivity index (χ1v) is 6.68. The number of benzene rings is 1. The Kier molecular flexibility index (Phi) is 4.08. The van der Waals surface area contributed by atoms with E-state index in [1.807, 2.05) is 12.1 Å². The third-order valence-corrected chi connectivity index (χ3v) is 4.20. The quantitative estimate of drug-likeness (QED) is 0.895. The molecule has 0 saturated heterocycles. The van der Waals surface area contributed by atoms with Gasteiger partial charge in [-0.3, -0.25) is 4.90 Å². The zero-order valence-corrected chi connectivity index (χ0v) is 11.3. The Morgan fingerprint density at radius 1 is 1.41 bits per heavy atom. The average Bonchev–Trinajstić information content (AvgIpc) is 2.74. The highest BCUT2D eigenvalue weighted by Crippen LogP contribution is 2.29. The maximum absolute atomic E-state index is 6.04. The van der Waals surface area contributed by atoms with Gasteiger partial charge in [-0.25, -0.2) is 0 Å². The van der Waals surface area contributed by atoms with Crippen LogP contribution in [0.4, 0.5) is 0 Å². The molecule has 0 spiro atoms. The van der Waals surface area contributed by atoms with Crippen molar-refractivity contribution in [2.75, 3.05) is 7.05 Å². The van der Waals surface area contributed by atoms with Crippen LogP contribution in [-0.2, 0) is 0 Å². The second-order valence-electron chi connectivity index (χ2n) is 5.12. The number of hydrogen-bond acceptors (Lipinski definition) is 2. The Morgan fingerprint density at radius 2 is 2.18 bits per heavy atom. The van der Waals surface area contributed by atoms with Gasteiger partial charge in [-0.05, 0) is 50.9 Å². The lowest BCUT2D eigenvalue weighted by Gasteiger charge is -2.31. The van der Waals surface area contributed by atoms with Crippen LogP contribution in [0, 0.1) is 0 Å². The number of nitrogens with zero attached hydrogens (tertiary/aromatic N) is 1. The van der Waals surface area contributed by atoms with Gasteiger partial charge in [-0.2, -0.15) is 0 Å². The molecule has 0 aromatic heterocycles. The smallest absolute Gasteiger partial charge is 0.0409 e. The summed E-state index contributed by atoms with van der Waals surface area (Å²) in [5.41, 5.74) is 7.26. The molecule has 1 saturated carbocycles. The van der Waals surface area contributed by atoms with Crippen LogP contribution in [0.3, 0.4) is 0 Å². The Morgan fingerprint density at radius 3 is 2.76 bits per heavy atom. The Bertz CT molecular complexity index is 380. The molecule has 2 nitrogen and oxygen atoms in total. The molecule has 1 aromatic carbocycles. The van der Waals surface area contributed by atoms with Crippen molar-refractivity contribution in [1.82, 2.24) is 4.90 Å². The summed E-state index contributed by atoms with van der Waals surface area (Å²) in [6.07, 6.45) is 3.47. The summed E-state index contributed by atoms with van der Waals surface area (Å²) in [6, 6.07) is 9.52. The van der Waals surface area contributed by atoms with Crippen molar-refractivity contribution < 1.29 is 0 Å². The van der Waals surface area contributed by atoms with Gasteiger partial charge in [0.1, 0.15) is 0 Å². The van der Waals surface area contributed by atoms with Crippen LogP contribution in [-0.4, -0.2) is 24.0 Å². The predicted octanol–water partition coefficient (Wildman–Crippen LogP) is 3.21. The number of hydrogen-bond donors (Lipinski definition) is 1. The van der Waals surface area contributed by atoms with Gasteiger partial charge in [-0.1, -0.05) is 23.7 Å². The van der Waals surface area contributed by atoms with E-state index in [1.54, 1.807) is 0 Å². The monoisotopic (exact) mass is 252 g/mol. The van der Waals surface area contributed by atoms with Crippen molar-refractivity contribution >= 4 is 11.6 Å². The molecule has 1 aromatic rings. The molecule has 1 aliphatic carbocycles. The second-order valence-corrected chi connectivity index (χ2v) is 5.56. The fourth-order valence-electron chi connectivity index (χ4n) is 2.68. The van der Waals surface area contributed by atoms with E-state index in [0.29, 0.717) is 18.1 Å². The van der Waals surface area contributed by atoms with Gasteiger partial charge in [0.15, 0.2) is 0 Å². The highest BCUT2D eigenvalue weighted by Gasteiger charge is 2.28. The van der Waals surface area contributed by atoms with Gasteiger partial charge in [0.05, 0.1) is 0 Å². The first kappa shape index (κ1) is 12.9. The number of halogens is 1. The SMILES string of the molecule is CC(c1cccc(Cl)c1)N(C)C1CCC(N)C1. The minimum Gasteiger partial charge on any atom is -0.328 e. The topological polar surface area (TPSA) is 29.3 Å². The van der Waals surface area contributed by atoms with E-state index < -0.39 is 0 Å². The fourth-order valence-corrected chi connectivity index (χ4v) is 2.88. The van der Waals surface area contributed by atoms with E-state index >= 15 is 0 Å². The lowest BCUT2D eigenvalue weighted by atomic mass is 10.0. The molecule has 94 valence electrons. The highest BCUT2D eigenvalue weighted by atomic mass is 35.5. The standard InChI is InChI=1S/C14H21ClN2/c1-10(11-4-3-5-12(15)8-11)17(2)14-7-6-13(16)9-14/h3-5,8,10,13-14H,6-7,9,16H2,1-2H3. The molecule has 0 bridgehead atoms. The van der Waals surface area contributed by atoms with Crippen molar-refractivity contribution in [1.29, 1.82) is 0 Å². The third-order valence-electron chi connectivity index (χ3n) is 3.96. The Balaban J connectivity index is 2.06. The summed E-state index contributed by atoms with van der Waals surface area (Å²) >= 11 is 6.04. The molecular formula is C14H21ClN2. The summed E-state index contributed by atoms with van der Waals surface area (Å²) in [6.45, 7) is 2.23. The summed E-state index contributed by atoms with van der Waals surface area (Å²) in [5.74, 6) is 0. The zero-order chi connectivity index (χ0) is 12.4. The van der Waals surface area contributed by atoms with Gasteiger partial charge in [0.2, 0.25) is 0 Å². The normalized spacial score (nSPS) is 26.4. The van der Waals surface area contributed by atoms with Crippen molar-refractivity contribution in [2.45, 2.75) is 44.3 Å². The molecule has 0 radical (unpaired) electrons. The largest absolute Gasteiger partial charge is 0.328 e. The molecule has 0 heterocycles. The fraction of sp³-hybridized carbons (Fsp3) is 0.571. The predicted molar refractivity (Wildman–Crippen MR) is 73.2 cm³/mol. The lowest BCUT2D eigenvalue weighted by Crippen LogP contribution is -2.33. The number of rotatable bonds is 3. The van der Waals surface area contributed by atoms with E-state index in [9.17, 15) is 0 Å². The van der Waals surface area contributed by atoms with Gasteiger partial charge in [-0.15, -0.1) is 0 Å². The number of nitrogens with two attached hydrogens (primary N) is 1. The van der Waals surface area contributed by atoms with Crippen LogP contribution in [0.2, 0.25) is 5.02 Å². The van der Waals surface area contributed by atoms with E-state index in [4.69, 9.17) is 17.3 Å². The van der Waals surface area contributed by atoms with Gasteiger partial charge in [0, 0.05) is 23.1 Å². The molecule has 0 amide bonds. The van der Waals surface area contributed by atoms with Crippen LogP contribution in [0.5, 0.6) is 0 Å². The van der Waals surface area contributed by atoms with Crippen molar-refractivity contribution in [3.8, 4) is 0 Å². The summed E-state index contributed by atoms with van der Waals surface area (Å²) in [4.78, 5) is 2.43. The summed E-state index contributed by atoms with van der Waals surface area (Å²) in [5, 5.41) is 0.811. The average molecular weight is 253 g/mol. The van der Waals surface area contributed by atoms with Gasteiger partial charge in [0.25, 0.3) is 0 Å². The Labute approximate surface area is 109 Å². The van der Waals surface area contributed by atoms with Gasteiger partial charge >= 0.3 is 0 Å². The molecule has 3 atom stereocenters. The molecular weight excluding hydrogens is 232 g/mol. The maximum Gasteiger partial charge on any atom is 0.0409 e. The minimum absolute atomic E-state index is 0.383. The summed E-state index contributed by atoms with van der Waals surface area (Å²) < 4.78 is 0. The highest BCUT2D eigenvalue weighted by molar-refractivity contribution is 6.30. The Hall–Kier alpha value is -0.570. The van der Waals surface area contributed by atoms with Crippen molar-refractivity contribution in [3.05, 3.63) is 34.9 Å². The van der Waals surface area contributed by atoms with Crippen LogP contribution in [0.15, 0.2) is 24.3 Å². The zero-order valence-electron chi connectivity index (χ0n) is 10.6. The molecule has 1 aliphatic rings. The molecule has 2 rings (SSSR count). The van der Waals surface area contributed by atoms with Crippen LogP contribution >= 0.6 is 11.6 Å². The summed E-state index contributed by atoms with van der Waals surface area (Å²) in [7, 11) is 2.19. The third kappa shape index (κ3) is 3.01. The second kappa shape index (κ2) is 5.38. The van der Waals surface area contributed by atoms with Crippen molar-refractivity contribution in [3.63, 3.8) is 0 Å². The van der Waals surface area contributed by atoms with E-state index in [1.165, 1.54) is 12.0 Å². The molecule has 0 aliphatic heterocycles. The van der Waals surface area contributed by atoms with E-state index in [-0.39, 0.29) is 0 Å². The molecule has 1 fully saturated rings. The first-order chi connectivity index (χ1) is 8.08. The van der Waals surface area contributed by atoms with E-state index in [0.717, 1.165) is 17.9 Å². The minimum atomic E-state index is 0.383. The molecule has 3 heteroatoms. The molecule has 17 heavy (non-hydrogen) atoms. The van der Waals surface area contributed by atoms with Crippen LogP contribution in [0.1, 0.15) is 37.8 Å². The lowest BCUT2D eigenvalue weighted by molar-refractivity contribution is 0.186. The molecule has 3 unspecified atom stereocenters. The van der Waals surface area contributed by atoms with Crippen LogP contribution < -0.4 is 5.73 Å². The van der Waals surface area contributed by atoms with Crippen LogP contribution in [0.25, 0.3) is 0 Å². The molecule has 2 N–H and O–H groups in total. The van der Waals surface area contributed by atoms with Gasteiger partial charge < -0.3 is 5.73 Å². The van der Waals surface area contributed by atoms with E-state index in [2.05, 4.69) is 31.0 Å². The van der Waals surface area contributed by atoms with Crippen molar-refractivity contribution in [2.24, 2.45) is 5.73 Å². The maximum atomic E-state index is 6.04.